The molecule has 0 amide bonds. The van der Waals surface area contributed by atoms with Crippen LogP contribution < -0.4 is 11.3 Å². The van der Waals surface area contributed by atoms with Gasteiger partial charge in [0.25, 0.3) is 0 Å². The fourth-order valence-corrected chi connectivity index (χ4v) is 2.05. The van der Waals surface area contributed by atoms with Crippen LogP contribution in [0, 0.1) is 0 Å². The van der Waals surface area contributed by atoms with Crippen LogP contribution in [0.4, 0.5) is 0 Å². The summed E-state index contributed by atoms with van der Waals surface area (Å²) in [5.41, 5.74) is 2.55. The van der Waals surface area contributed by atoms with E-state index in [1.165, 1.54) is 0 Å². The number of methoxy groups -OCH3 is 1. The lowest BCUT2D eigenvalue weighted by atomic mass is 9.86. The summed E-state index contributed by atoms with van der Waals surface area (Å²) in [5.74, 6) is 5.60. The van der Waals surface area contributed by atoms with E-state index >= 15 is 0 Å². The number of nitrogens with two attached hydrogens (primary N) is 1. The summed E-state index contributed by atoms with van der Waals surface area (Å²) in [5, 5.41) is 0. The van der Waals surface area contributed by atoms with Crippen LogP contribution in [0.3, 0.4) is 0 Å². The van der Waals surface area contributed by atoms with E-state index in [4.69, 9.17) is 20.1 Å². The standard InChI is InChI=1S/C11H24N2O3/c1-9(2)16-8-10(13-12)11(14-3)4-6-15-7-5-11/h9-10,13H,4-8,12H2,1-3H3. The molecule has 0 spiro atoms. The predicted octanol–water partition coefficient (Wildman–Crippen LogP) is 0.439. The van der Waals surface area contributed by atoms with Crippen LogP contribution in [0.5, 0.6) is 0 Å². The van der Waals surface area contributed by atoms with Crippen molar-refractivity contribution in [2.24, 2.45) is 5.84 Å². The first-order chi connectivity index (χ1) is 7.64. The third-order valence-electron chi connectivity index (χ3n) is 3.18. The summed E-state index contributed by atoms with van der Waals surface area (Å²) in [6.45, 7) is 6.01. The zero-order chi connectivity index (χ0) is 12.0. The Labute approximate surface area is 97.6 Å². The number of hydrogen-bond acceptors (Lipinski definition) is 5. The van der Waals surface area contributed by atoms with E-state index < -0.39 is 0 Å². The van der Waals surface area contributed by atoms with Gasteiger partial charge in [-0.25, -0.2) is 0 Å². The highest BCUT2D eigenvalue weighted by Crippen LogP contribution is 2.28. The average Bonchev–Trinajstić information content (AvgIpc) is 2.30. The van der Waals surface area contributed by atoms with Gasteiger partial charge in [0.15, 0.2) is 0 Å². The fourth-order valence-electron chi connectivity index (χ4n) is 2.05. The van der Waals surface area contributed by atoms with Crippen molar-refractivity contribution in [3.63, 3.8) is 0 Å². The molecule has 1 fully saturated rings. The smallest absolute Gasteiger partial charge is 0.0910 e. The highest BCUT2D eigenvalue weighted by atomic mass is 16.5. The lowest BCUT2D eigenvalue weighted by Crippen LogP contribution is -2.59. The predicted molar refractivity (Wildman–Crippen MR) is 62.0 cm³/mol. The Morgan fingerprint density at radius 1 is 1.38 bits per heavy atom. The summed E-state index contributed by atoms with van der Waals surface area (Å²) in [4.78, 5) is 0. The highest BCUT2D eigenvalue weighted by Gasteiger charge is 2.40. The number of rotatable bonds is 6. The van der Waals surface area contributed by atoms with E-state index in [0.717, 1.165) is 12.8 Å². The van der Waals surface area contributed by atoms with Crippen LogP contribution in [0.1, 0.15) is 26.7 Å². The van der Waals surface area contributed by atoms with Crippen molar-refractivity contribution < 1.29 is 14.2 Å². The molecule has 0 aromatic heterocycles. The van der Waals surface area contributed by atoms with E-state index in [2.05, 4.69) is 5.43 Å². The second kappa shape index (κ2) is 6.51. The number of ether oxygens (including phenoxy) is 3. The monoisotopic (exact) mass is 232 g/mol. The van der Waals surface area contributed by atoms with E-state index in [1.807, 2.05) is 13.8 Å². The van der Waals surface area contributed by atoms with Crippen molar-refractivity contribution in [2.75, 3.05) is 26.9 Å². The van der Waals surface area contributed by atoms with Gasteiger partial charge in [0.05, 0.1) is 24.4 Å². The van der Waals surface area contributed by atoms with Crippen LogP contribution in [0.25, 0.3) is 0 Å². The minimum Gasteiger partial charge on any atom is -0.381 e. The average molecular weight is 232 g/mol. The molecule has 1 aliphatic heterocycles. The van der Waals surface area contributed by atoms with Gasteiger partial charge in [0.1, 0.15) is 0 Å². The van der Waals surface area contributed by atoms with Crippen LogP contribution in [-0.2, 0) is 14.2 Å². The molecule has 0 aromatic rings. The molecule has 0 aromatic carbocycles. The Hall–Kier alpha value is -0.200. The summed E-state index contributed by atoms with van der Waals surface area (Å²) < 4.78 is 16.6. The van der Waals surface area contributed by atoms with E-state index in [1.54, 1.807) is 7.11 Å². The molecular weight excluding hydrogens is 208 g/mol. The maximum atomic E-state index is 5.66. The Morgan fingerprint density at radius 3 is 2.44 bits per heavy atom. The molecule has 1 atom stereocenters. The van der Waals surface area contributed by atoms with Crippen molar-refractivity contribution in [1.29, 1.82) is 0 Å². The van der Waals surface area contributed by atoms with Crippen molar-refractivity contribution in [3.8, 4) is 0 Å². The molecule has 5 nitrogen and oxygen atoms in total. The normalized spacial score (nSPS) is 22.3. The molecule has 0 radical (unpaired) electrons. The maximum absolute atomic E-state index is 5.66. The van der Waals surface area contributed by atoms with Crippen LogP contribution in [-0.4, -0.2) is 44.7 Å². The zero-order valence-corrected chi connectivity index (χ0v) is 10.5. The Bertz CT molecular complexity index is 194. The van der Waals surface area contributed by atoms with Gasteiger partial charge in [-0.1, -0.05) is 0 Å². The molecular formula is C11H24N2O3. The van der Waals surface area contributed by atoms with Gasteiger partial charge < -0.3 is 14.2 Å². The van der Waals surface area contributed by atoms with Crippen molar-refractivity contribution >= 4 is 0 Å². The minimum absolute atomic E-state index is 0.00352. The molecule has 96 valence electrons. The van der Waals surface area contributed by atoms with E-state index in [9.17, 15) is 0 Å². The third kappa shape index (κ3) is 3.40. The quantitative estimate of drug-likeness (QED) is 0.514. The number of nitrogens with one attached hydrogen (secondary N) is 1. The highest BCUT2D eigenvalue weighted by molar-refractivity contribution is 4.94. The Kier molecular flexibility index (Phi) is 5.64. The van der Waals surface area contributed by atoms with Crippen molar-refractivity contribution in [3.05, 3.63) is 0 Å². The van der Waals surface area contributed by atoms with Crippen LogP contribution >= 0.6 is 0 Å². The Balaban J connectivity index is 2.58. The van der Waals surface area contributed by atoms with Crippen molar-refractivity contribution in [1.82, 2.24) is 5.43 Å². The molecule has 0 bridgehead atoms. The van der Waals surface area contributed by atoms with Gasteiger partial charge in [0.2, 0.25) is 0 Å². The number of hydrazine groups is 1. The molecule has 1 saturated heterocycles. The van der Waals surface area contributed by atoms with Gasteiger partial charge >= 0.3 is 0 Å². The molecule has 5 heteroatoms. The lowest BCUT2D eigenvalue weighted by molar-refractivity contribution is -0.125. The first-order valence-corrected chi connectivity index (χ1v) is 5.85. The molecule has 3 N–H and O–H groups in total. The fraction of sp³-hybridized carbons (Fsp3) is 1.00. The summed E-state index contributed by atoms with van der Waals surface area (Å²) >= 11 is 0. The van der Waals surface area contributed by atoms with Crippen LogP contribution in [0.2, 0.25) is 0 Å². The maximum Gasteiger partial charge on any atom is 0.0910 e. The number of hydrogen-bond donors (Lipinski definition) is 2. The largest absolute Gasteiger partial charge is 0.381 e. The van der Waals surface area contributed by atoms with Crippen LogP contribution in [0.15, 0.2) is 0 Å². The van der Waals surface area contributed by atoms with Gasteiger partial charge in [-0.05, 0) is 13.8 Å². The molecule has 1 unspecified atom stereocenters. The minimum atomic E-state index is -0.262. The van der Waals surface area contributed by atoms with Crippen molar-refractivity contribution in [2.45, 2.75) is 44.4 Å². The van der Waals surface area contributed by atoms with Gasteiger partial charge in [-0.2, -0.15) is 0 Å². The third-order valence-corrected chi connectivity index (χ3v) is 3.18. The summed E-state index contributed by atoms with van der Waals surface area (Å²) in [7, 11) is 1.73. The summed E-state index contributed by atoms with van der Waals surface area (Å²) in [6, 6.07) is 0.00352. The first kappa shape index (κ1) is 13.9. The van der Waals surface area contributed by atoms with Gasteiger partial charge in [0, 0.05) is 33.2 Å². The zero-order valence-electron chi connectivity index (χ0n) is 10.5. The second-order valence-corrected chi connectivity index (χ2v) is 4.48. The Morgan fingerprint density at radius 2 is 2.00 bits per heavy atom. The van der Waals surface area contributed by atoms with Gasteiger partial charge in [-0.15, -0.1) is 0 Å². The topological polar surface area (TPSA) is 65.7 Å². The van der Waals surface area contributed by atoms with E-state index in [0.29, 0.717) is 19.8 Å². The van der Waals surface area contributed by atoms with E-state index in [-0.39, 0.29) is 17.7 Å². The summed E-state index contributed by atoms with van der Waals surface area (Å²) in [6.07, 6.45) is 1.89. The SMILES string of the molecule is COC1(C(COC(C)C)NN)CCOCC1. The molecule has 1 rings (SSSR count). The molecule has 0 aliphatic carbocycles. The lowest BCUT2D eigenvalue weighted by Gasteiger charge is -2.41. The second-order valence-electron chi connectivity index (χ2n) is 4.48. The molecule has 1 aliphatic rings. The molecule has 0 saturated carbocycles. The molecule has 16 heavy (non-hydrogen) atoms. The van der Waals surface area contributed by atoms with Gasteiger partial charge in [-0.3, -0.25) is 11.3 Å². The molecule has 1 heterocycles. The first-order valence-electron chi connectivity index (χ1n) is 5.85.